The Morgan fingerprint density at radius 3 is 2.48 bits per heavy atom. The molecule has 6 nitrogen and oxygen atoms in total. The van der Waals surface area contributed by atoms with E-state index in [1.807, 2.05) is 30.3 Å². The number of hydrogen-bond acceptors (Lipinski definition) is 5. The highest BCUT2D eigenvalue weighted by atomic mass is 32.2. The third-order valence-corrected chi connectivity index (χ3v) is 7.14. The highest BCUT2D eigenvalue weighted by Crippen LogP contribution is 2.35. The smallest absolute Gasteiger partial charge is 0.337 e. The van der Waals surface area contributed by atoms with Crippen LogP contribution in [-0.4, -0.2) is 45.4 Å². The predicted octanol–water partition coefficient (Wildman–Crippen LogP) is 2.14. The molecule has 1 aliphatic heterocycles. The number of esters is 1. The Bertz CT molecular complexity index is 928. The van der Waals surface area contributed by atoms with Crippen LogP contribution in [0.3, 0.4) is 0 Å². The van der Waals surface area contributed by atoms with Gasteiger partial charge in [0.2, 0.25) is 10.0 Å². The van der Waals surface area contributed by atoms with Crippen LogP contribution in [0.1, 0.15) is 27.4 Å². The third kappa shape index (κ3) is 3.76. The monoisotopic (exact) mass is 388 g/mol. The highest BCUT2D eigenvalue weighted by Gasteiger charge is 2.39. The van der Waals surface area contributed by atoms with E-state index in [-0.39, 0.29) is 16.7 Å². The SMILES string of the molecule is COC(=O)c1ccc(S(=O)(=O)N2C[C@@H](CN)[C@H](c3ccccc3)C2)c(C)c1. The molecule has 0 unspecified atom stereocenters. The fourth-order valence-corrected chi connectivity index (χ4v) is 5.40. The van der Waals surface area contributed by atoms with Crippen molar-refractivity contribution in [3.8, 4) is 0 Å². The predicted molar refractivity (Wildman–Crippen MR) is 103 cm³/mol. The first-order valence-electron chi connectivity index (χ1n) is 8.82. The zero-order valence-corrected chi connectivity index (χ0v) is 16.3. The Morgan fingerprint density at radius 1 is 1.19 bits per heavy atom. The number of benzene rings is 2. The van der Waals surface area contributed by atoms with Gasteiger partial charge in [-0.1, -0.05) is 30.3 Å². The Hall–Kier alpha value is -2.22. The second-order valence-corrected chi connectivity index (χ2v) is 8.71. The minimum Gasteiger partial charge on any atom is -0.465 e. The molecule has 0 radical (unpaired) electrons. The summed E-state index contributed by atoms with van der Waals surface area (Å²) < 4.78 is 32.6. The maximum absolute atomic E-state index is 13.2. The molecule has 0 spiro atoms. The molecule has 0 amide bonds. The van der Waals surface area contributed by atoms with Gasteiger partial charge in [-0.25, -0.2) is 13.2 Å². The van der Waals surface area contributed by atoms with Gasteiger partial charge in [-0.3, -0.25) is 0 Å². The normalized spacial score (nSPS) is 20.6. The van der Waals surface area contributed by atoms with Crippen molar-refractivity contribution >= 4 is 16.0 Å². The molecule has 7 heteroatoms. The van der Waals surface area contributed by atoms with Crippen molar-refractivity contribution in [2.75, 3.05) is 26.7 Å². The fourth-order valence-electron chi connectivity index (χ4n) is 3.67. The summed E-state index contributed by atoms with van der Waals surface area (Å²) in [6.07, 6.45) is 0. The van der Waals surface area contributed by atoms with Gasteiger partial charge in [0.1, 0.15) is 0 Å². The topological polar surface area (TPSA) is 89.7 Å². The van der Waals surface area contributed by atoms with Gasteiger partial charge in [0.05, 0.1) is 17.6 Å². The summed E-state index contributed by atoms with van der Waals surface area (Å²) >= 11 is 0. The molecule has 144 valence electrons. The Kier molecular flexibility index (Phi) is 5.64. The van der Waals surface area contributed by atoms with Crippen LogP contribution >= 0.6 is 0 Å². The summed E-state index contributed by atoms with van der Waals surface area (Å²) in [5.41, 5.74) is 7.88. The molecule has 0 aromatic heterocycles. The molecule has 1 fully saturated rings. The zero-order valence-electron chi connectivity index (χ0n) is 15.5. The van der Waals surface area contributed by atoms with E-state index in [2.05, 4.69) is 0 Å². The molecule has 2 atom stereocenters. The number of carbonyl (C=O) groups excluding carboxylic acids is 1. The first-order valence-corrected chi connectivity index (χ1v) is 10.3. The average Bonchev–Trinajstić information content (AvgIpc) is 3.13. The van der Waals surface area contributed by atoms with Crippen molar-refractivity contribution in [1.82, 2.24) is 4.31 Å². The Balaban J connectivity index is 1.90. The van der Waals surface area contributed by atoms with Crippen LogP contribution in [-0.2, 0) is 14.8 Å². The van der Waals surface area contributed by atoms with E-state index < -0.39 is 16.0 Å². The number of rotatable bonds is 5. The van der Waals surface area contributed by atoms with E-state index in [4.69, 9.17) is 10.5 Å². The Morgan fingerprint density at radius 2 is 1.89 bits per heavy atom. The number of carbonyl (C=O) groups is 1. The summed E-state index contributed by atoms with van der Waals surface area (Å²) in [6, 6.07) is 14.4. The van der Waals surface area contributed by atoms with Crippen LogP contribution in [0.2, 0.25) is 0 Å². The van der Waals surface area contributed by atoms with E-state index in [9.17, 15) is 13.2 Å². The van der Waals surface area contributed by atoms with E-state index >= 15 is 0 Å². The van der Waals surface area contributed by atoms with Crippen molar-refractivity contribution in [3.63, 3.8) is 0 Å². The summed E-state index contributed by atoms with van der Waals surface area (Å²) in [4.78, 5) is 11.9. The van der Waals surface area contributed by atoms with E-state index in [0.717, 1.165) is 5.56 Å². The number of ether oxygens (including phenoxy) is 1. The molecule has 0 aliphatic carbocycles. The highest BCUT2D eigenvalue weighted by molar-refractivity contribution is 7.89. The summed E-state index contributed by atoms with van der Waals surface area (Å²) in [7, 11) is -2.38. The van der Waals surface area contributed by atoms with Crippen LogP contribution in [0.4, 0.5) is 0 Å². The van der Waals surface area contributed by atoms with Gasteiger partial charge < -0.3 is 10.5 Å². The van der Waals surface area contributed by atoms with E-state index in [0.29, 0.717) is 30.8 Å². The molecule has 0 bridgehead atoms. The van der Waals surface area contributed by atoms with Gasteiger partial charge in [-0.15, -0.1) is 0 Å². The van der Waals surface area contributed by atoms with Gasteiger partial charge in [0.25, 0.3) is 0 Å². The molecule has 27 heavy (non-hydrogen) atoms. The number of nitrogens with zero attached hydrogens (tertiary/aromatic N) is 1. The molecule has 2 aromatic rings. The van der Waals surface area contributed by atoms with Crippen molar-refractivity contribution in [1.29, 1.82) is 0 Å². The van der Waals surface area contributed by atoms with Gasteiger partial charge in [0.15, 0.2) is 0 Å². The lowest BCUT2D eigenvalue weighted by Gasteiger charge is -2.18. The second-order valence-electron chi connectivity index (χ2n) is 6.81. The number of sulfonamides is 1. The second kappa shape index (κ2) is 7.80. The quantitative estimate of drug-likeness (QED) is 0.793. The lowest BCUT2D eigenvalue weighted by molar-refractivity contribution is 0.0600. The van der Waals surface area contributed by atoms with Gasteiger partial charge in [0, 0.05) is 19.0 Å². The Labute approximate surface area is 160 Å². The molecule has 1 saturated heterocycles. The third-order valence-electron chi connectivity index (χ3n) is 5.15. The summed E-state index contributed by atoms with van der Waals surface area (Å²) in [6.45, 7) is 2.89. The number of nitrogens with two attached hydrogens (primary N) is 1. The van der Waals surface area contributed by atoms with E-state index in [1.54, 1.807) is 13.0 Å². The molecular formula is C20H24N2O4S. The molecule has 1 aliphatic rings. The number of aryl methyl sites for hydroxylation is 1. The fraction of sp³-hybridized carbons (Fsp3) is 0.350. The van der Waals surface area contributed by atoms with Gasteiger partial charge in [-0.05, 0) is 48.7 Å². The van der Waals surface area contributed by atoms with Crippen LogP contribution in [0.25, 0.3) is 0 Å². The maximum Gasteiger partial charge on any atom is 0.337 e. The van der Waals surface area contributed by atoms with Crippen LogP contribution in [0, 0.1) is 12.8 Å². The number of hydrogen-bond donors (Lipinski definition) is 1. The van der Waals surface area contributed by atoms with Crippen LogP contribution < -0.4 is 5.73 Å². The lowest BCUT2D eigenvalue weighted by atomic mass is 9.89. The van der Waals surface area contributed by atoms with Crippen molar-refractivity contribution in [3.05, 3.63) is 65.2 Å². The first-order chi connectivity index (χ1) is 12.9. The molecular weight excluding hydrogens is 364 g/mol. The number of methoxy groups -OCH3 is 1. The average molecular weight is 388 g/mol. The van der Waals surface area contributed by atoms with Gasteiger partial charge in [-0.2, -0.15) is 4.31 Å². The molecule has 3 rings (SSSR count). The molecule has 2 N–H and O–H groups in total. The first kappa shape index (κ1) is 19.5. The molecule has 1 heterocycles. The van der Waals surface area contributed by atoms with Crippen LogP contribution in [0.5, 0.6) is 0 Å². The summed E-state index contributed by atoms with van der Waals surface area (Å²) in [5, 5.41) is 0. The molecule has 2 aromatic carbocycles. The minimum absolute atomic E-state index is 0.0665. The lowest BCUT2D eigenvalue weighted by Crippen LogP contribution is -2.30. The van der Waals surface area contributed by atoms with Gasteiger partial charge >= 0.3 is 5.97 Å². The van der Waals surface area contributed by atoms with Crippen molar-refractivity contribution in [2.24, 2.45) is 11.7 Å². The van der Waals surface area contributed by atoms with Crippen molar-refractivity contribution < 1.29 is 17.9 Å². The summed E-state index contributed by atoms with van der Waals surface area (Å²) in [5.74, 6) is -0.354. The maximum atomic E-state index is 13.2. The zero-order chi connectivity index (χ0) is 19.6. The molecule has 0 saturated carbocycles. The largest absolute Gasteiger partial charge is 0.465 e. The van der Waals surface area contributed by atoms with Crippen molar-refractivity contribution in [2.45, 2.75) is 17.7 Å². The van der Waals surface area contributed by atoms with Crippen LogP contribution in [0.15, 0.2) is 53.4 Å². The standard InChI is InChI=1S/C20H24N2O4S/c1-14-10-16(20(23)26-2)8-9-19(14)27(24,25)22-12-17(11-21)18(13-22)15-6-4-3-5-7-15/h3-10,17-18H,11-13,21H2,1-2H3/t17-,18+/m1/s1. The van der Waals surface area contributed by atoms with E-state index in [1.165, 1.54) is 23.5 Å². The minimum atomic E-state index is -3.68.